The zero-order valence-electron chi connectivity index (χ0n) is 11.6. The Balaban J connectivity index is 2.30. The van der Waals surface area contributed by atoms with Crippen LogP contribution in [0.4, 0.5) is 0 Å². The fourth-order valence-electron chi connectivity index (χ4n) is 2.36. The predicted octanol–water partition coefficient (Wildman–Crippen LogP) is -0.901. The van der Waals surface area contributed by atoms with Crippen molar-refractivity contribution in [3.63, 3.8) is 0 Å². The third-order valence-electron chi connectivity index (χ3n) is 3.74. The molecule has 2 heterocycles. The van der Waals surface area contributed by atoms with Gasteiger partial charge in [0, 0.05) is 20.1 Å². The summed E-state index contributed by atoms with van der Waals surface area (Å²) in [5.74, 6) is -0.142. The molecule has 1 aromatic rings. The Labute approximate surface area is 118 Å². The van der Waals surface area contributed by atoms with Crippen LogP contribution in [-0.2, 0) is 17.1 Å². The normalized spacial score (nSPS) is 19.9. The van der Waals surface area contributed by atoms with E-state index < -0.39 is 15.6 Å². The van der Waals surface area contributed by atoms with Crippen molar-refractivity contribution in [2.75, 3.05) is 20.1 Å². The topological polar surface area (TPSA) is 117 Å². The van der Waals surface area contributed by atoms with Crippen molar-refractivity contribution in [2.45, 2.75) is 23.4 Å². The molecular weight excluding hydrogens is 280 g/mol. The number of amidine groups is 1. The highest BCUT2D eigenvalue weighted by Crippen LogP contribution is 2.24. The van der Waals surface area contributed by atoms with E-state index in [9.17, 15) is 8.42 Å². The first-order valence-corrected chi connectivity index (χ1v) is 7.80. The molecule has 20 heavy (non-hydrogen) atoms. The molecule has 0 unspecified atom stereocenters. The third-order valence-corrected chi connectivity index (χ3v) is 5.35. The van der Waals surface area contributed by atoms with E-state index in [0.717, 1.165) is 0 Å². The SMILES string of the molecule is CN1CCC(NS(=O)(=O)c2ccnn2C)(C(=N)N)CC1. The van der Waals surface area contributed by atoms with Crippen molar-refractivity contribution >= 4 is 15.9 Å². The number of likely N-dealkylation sites (tertiary alicyclic amines) is 1. The number of hydrogen-bond donors (Lipinski definition) is 3. The Kier molecular flexibility index (Phi) is 3.85. The van der Waals surface area contributed by atoms with Gasteiger partial charge in [0.15, 0.2) is 5.03 Å². The van der Waals surface area contributed by atoms with Gasteiger partial charge in [0.2, 0.25) is 0 Å². The zero-order chi connectivity index (χ0) is 15.0. The van der Waals surface area contributed by atoms with E-state index in [-0.39, 0.29) is 10.9 Å². The highest BCUT2D eigenvalue weighted by atomic mass is 32.2. The smallest absolute Gasteiger partial charge is 0.258 e. The minimum atomic E-state index is -3.76. The van der Waals surface area contributed by atoms with Crippen molar-refractivity contribution in [1.82, 2.24) is 19.4 Å². The lowest BCUT2D eigenvalue weighted by Crippen LogP contribution is -2.61. The lowest BCUT2D eigenvalue weighted by Gasteiger charge is -2.39. The number of aromatic nitrogens is 2. The lowest BCUT2D eigenvalue weighted by molar-refractivity contribution is 0.218. The van der Waals surface area contributed by atoms with Crippen LogP contribution in [0.2, 0.25) is 0 Å². The van der Waals surface area contributed by atoms with E-state index in [1.165, 1.54) is 16.9 Å². The van der Waals surface area contributed by atoms with Gasteiger partial charge in [0.05, 0.1) is 11.7 Å². The Bertz CT molecular complexity index is 600. The van der Waals surface area contributed by atoms with Crippen molar-refractivity contribution in [2.24, 2.45) is 12.8 Å². The van der Waals surface area contributed by atoms with Gasteiger partial charge in [0.25, 0.3) is 10.0 Å². The summed E-state index contributed by atoms with van der Waals surface area (Å²) in [6.45, 7) is 1.38. The molecule has 112 valence electrons. The Morgan fingerprint density at radius 1 is 1.45 bits per heavy atom. The first-order valence-electron chi connectivity index (χ1n) is 6.32. The average molecular weight is 300 g/mol. The number of piperidine rings is 1. The van der Waals surface area contributed by atoms with Crippen molar-refractivity contribution < 1.29 is 8.42 Å². The number of aryl methyl sites for hydroxylation is 1. The van der Waals surface area contributed by atoms with E-state index in [0.29, 0.717) is 25.9 Å². The van der Waals surface area contributed by atoms with Gasteiger partial charge in [-0.3, -0.25) is 10.1 Å². The first kappa shape index (κ1) is 14.9. The molecule has 0 spiro atoms. The van der Waals surface area contributed by atoms with Crippen LogP contribution in [-0.4, -0.2) is 54.6 Å². The van der Waals surface area contributed by atoms with Crippen LogP contribution in [0.15, 0.2) is 17.3 Å². The van der Waals surface area contributed by atoms with Gasteiger partial charge in [0.1, 0.15) is 5.84 Å². The monoisotopic (exact) mass is 300 g/mol. The maximum atomic E-state index is 12.4. The second kappa shape index (κ2) is 5.15. The number of rotatable bonds is 4. The van der Waals surface area contributed by atoms with Crippen LogP contribution in [0.5, 0.6) is 0 Å². The van der Waals surface area contributed by atoms with Gasteiger partial charge in [-0.1, -0.05) is 0 Å². The van der Waals surface area contributed by atoms with E-state index in [1.807, 2.05) is 7.05 Å². The van der Waals surface area contributed by atoms with E-state index in [2.05, 4.69) is 14.7 Å². The maximum Gasteiger partial charge on any atom is 0.258 e. The molecule has 1 aliphatic heterocycles. The summed E-state index contributed by atoms with van der Waals surface area (Å²) in [5, 5.41) is 11.7. The van der Waals surface area contributed by atoms with Gasteiger partial charge >= 0.3 is 0 Å². The van der Waals surface area contributed by atoms with Gasteiger partial charge in [-0.15, -0.1) is 0 Å². The Hall–Kier alpha value is -1.45. The molecular formula is C11H20N6O2S. The standard InChI is InChI=1S/C11H20N6O2S/c1-16-7-4-11(5-8-16,10(12)13)15-20(18,19)9-3-6-14-17(9)2/h3,6,15H,4-5,7-8H2,1-2H3,(H3,12,13). The fraction of sp³-hybridized carbons (Fsp3) is 0.636. The summed E-state index contributed by atoms with van der Waals surface area (Å²) in [5.41, 5.74) is 4.66. The van der Waals surface area contributed by atoms with Crippen LogP contribution in [0.3, 0.4) is 0 Å². The summed E-state index contributed by atoms with van der Waals surface area (Å²) < 4.78 is 28.8. The Morgan fingerprint density at radius 3 is 2.50 bits per heavy atom. The van der Waals surface area contributed by atoms with Crippen molar-refractivity contribution in [1.29, 1.82) is 5.41 Å². The molecule has 1 fully saturated rings. The summed E-state index contributed by atoms with van der Waals surface area (Å²) in [6, 6.07) is 1.42. The summed E-state index contributed by atoms with van der Waals surface area (Å²) >= 11 is 0. The summed E-state index contributed by atoms with van der Waals surface area (Å²) in [6.07, 6.45) is 2.38. The van der Waals surface area contributed by atoms with E-state index in [4.69, 9.17) is 11.1 Å². The molecule has 8 nitrogen and oxygen atoms in total. The molecule has 0 radical (unpaired) electrons. The maximum absolute atomic E-state index is 12.4. The number of nitrogens with two attached hydrogens (primary N) is 1. The van der Waals surface area contributed by atoms with Crippen LogP contribution >= 0.6 is 0 Å². The van der Waals surface area contributed by atoms with Gasteiger partial charge in [-0.25, -0.2) is 8.42 Å². The molecule has 9 heteroatoms. The van der Waals surface area contributed by atoms with Gasteiger partial charge in [-0.2, -0.15) is 9.82 Å². The molecule has 0 aliphatic carbocycles. The highest BCUT2D eigenvalue weighted by molar-refractivity contribution is 7.89. The number of nitrogens with zero attached hydrogens (tertiary/aromatic N) is 3. The zero-order valence-corrected chi connectivity index (χ0v) is 12.4. The molecule has 1 aromatic heterocycles. The van der Waals surface area contributed by atoms with E-state index in [1.54, 1.807) is 7.05 Å². The van der Waals surface area contributed by atoms with Crippen LogP contribution in [0.25, 0.3) is 0 Å². The molecule has 1 aliphatic rings. The average Bonchev–Trinajstić information content (AvgIpc) is 2.79. The van der Waals surface area contributed by atoms with Gasteiger partial charge in [-0.05, 0) is 26.0 Å². The quantitative estimate of drug-likeness (QED) is 0.492. The largest absolute Gasteiger partial charge is 0.386 e. The second-order valence-electron chi connectivity index (χ2n) is 5.20. The highest BCUT2D eigenvalue weighted by Gasteiger charge is 2.41. The third kappa shape index (κ3) is 2.69. The minimum absolute atomic E-state index is 0.0667. The molecule has 2 rings (SSSR count). The number of nitrogens with one attached hydrogen (secondary N) is 2. The number of sulfonamides is 1. The van der Waals surface area contributed by atoms with Crippen LogP contribution in [0, 0.1) is 5.41 Å². The summed E-state index contributed by atoms with van der Waals surface area (Å²) in [7, 11) is -0.240. The van der Waals surface area contributed by atoms with E-state index >= 15 is 0 Å². The minimum Gasteiger partial charge on any atom is -0.386 e. The molecule has 0 atom stereocenters. The first-order chi connectivity index (χ1) is 9.27. The lowest BCUT2D eigenvalue weighted by atomic mass is 9.88. The number of hydrogen-bond acceptors (Lipinski definition) is 5. The molecule has 4 N–H and O–H groups in total. The molecule has 0 bridgehead atoms. The van der Waals surface area contributed by atoms with Crippen molar-refractivity contribution in [3.8, 4) is 0 Å². The second-order valence-corrected chi connectivity index (χ2v) is 6.83. The Morgan fingerprint density at radius 2 is 2.05 bits per heavy atom. The van der Waals surface area contributed by atoms with Crippen LogP contribution in [0.1, 0.15) is 12.8 Å². The molecule has 0 aromatic carbocycles. The summed E-state index contributed by atoms with van der Waals surface area (Å²) in [4.78, 5) is 2.08. The fourth-order valence-corrected chi connectivity index (χ4v) is 3.93. The molecule has 0 saturated carbocycles. The van der Waals surface area contributed by atoms with Gasteiger partial charge < -0.3 is 10.6 Å². The van der Waals surface area contributed by atoms with Crippen LogP contribution < -0.4 is 10.5 Å². The molecule has 0 amide bonds. The predicted molar refractivity (Wildman–Crippen MR) is 74.9 cm³/mol. The molecule has 1 saturated heterocycles. The van der Waals surface area contributed by atoms with Crippen molar-refractivity contribution in [3.05, 3.63) is 12.3 Å².